The molecule has 0 bridgehead atoms. The third-order valence-electron chi connectivity index (χ3n) is 6.13. The minimum absolute atomic E-state index is 0.0168. The van der Waals surface area contributed by atoms with Crippen molar-refractivity contribution in [3.63, 3.8) is 0 Å². The highest BCUT2D eigenvalue weighted by Crippen LogP contribution is 2.47. The molecule has 2 unspecified atom stereocenters. The summed E-state index contributed by atoms with van der Waals surface area (Å²) in [5.74, 6) is 0.0981. The van der Waals surface area contributed by atoms with Crippen LogP contribution in [0.15, 0.2) is 24.3 Å². The number of hydrogen-bond donors (Lipinski definition) is 1. The van der Waals surface area contributed by atoms with Gasteiger partial charge in [-0.15, -0.1) is 0 Å². The summed E-state index contributed by atoms with van der Waals surface area (Å²) in [4.78, 5) is 26.7. The van der Waals surface area contributed by atoms with Gasteiger partial charge in [0.25, 0.3) is 5.91 Å². The molecule has 0 radical (unpaired) electrons. The van der Waals surface area contributed by atoms with Crippen LogP contribution in [0.1, 0.15) is 42.6 Å². The number of benzene rings is 1. The van der Waals surface area contributed by atoms with Gasteiger partial charge in [-0.3, -0.25) is 14.3 Å². The zero-order valence-electron chi connectivity index (χ0n) is 14.8. The number of carbonyl (C=O) groups excluding carboxylic acids is 2. The van der Waals surface area contributed by atoms with E-state index >= 15 is 0 Å². The van der Waals surface area contributed by atoms with Gasteiger partial charge >= 0.3 is 0 Å². The van der Waals surface area contributed by atoms with Crippen LogP contribution >= 0.6 is 0 Å². The van der Waals surface area contributed by atoms with Crippen LogP contribution in [0.3, 0.4) is 0 Å². The number of aryl methyl sites for hydroxylation is 1. The van der Waals surface area contributed by atoms with E-state index in [1.807, 2.05) is 43.3 Å². The molecule has 1 N–H and O–H groups in total. The molecule has 1 aliphatic heterocycles. The fourth-order valence-corrected chi connectivity index (χ4v) is 4.74. The minimum atomic E-state index is -0.128. The Hall–Kier alpha value is -2.37. The lowest BCUT2D eigenvalue weighted by Gasteiger charge is -2.44. The lowest BCUT2D eigenvalue weighted by atomic mass is 9.74. The Morgan fingerprint density at radius 1 is 1.32 bits per heavy atom. The monoisotopic (exact) mass is 340 g/mol. The summed E-state index contributed by atoms with van der Waals surface area (Å²) in [5.41, 5.74) is 1.44. The van der Waals surface area contributed by atoms with Crippen LogP contribution in [0.4, 0.5) is 0 Å². The second-order valence-corrected chi connectivity index (χ2v) is 7.45. The van der Waals surface area contributed by atoms with E-state index in [2.05, 4.69) is 10.4 Å². The first kappa shape index (κ1) is 16.1. The van der Waals surface area contributed by atoms with Crippen LogP contribution in [0.5, 0.6) is 0 Å². The SMILES string of the molecule is CN1C(=O)CCC2(CNC(=O)c3nn(C)c4ccccc34)CCCC12. The quantitative estimate of drug-likeness (QED) is 0.930. The molecule has 1 saturated heterocycles. The van der Waals surface area contributed by atoms with Crippen LogP contribution in [0.25, 0.3) is 10.9 Å². The lowest BCUT2D eigenvalue weighted by molar-refractivity contribution is -0.139. The lowest BCUT2D eigenvalue weighted by Crippen LogP contribution is -2.54. The molecule has 1 aromatic heterocycles. The molecular weight excluding hydrogens is 316 g/mol. The molecule has 2 fully saturated rings. The number of hydrogen-bond acceptors (Lipinski definition) is 3. The molecule has 1 aromatic carbocycles. The van der Waals surface area contributed by atoms with Crippen molar-refractivity contribution in [1.82, 2.24) is 20.0 Å². The van der Waals surface area contributed by atoms with Crippen LogP contribution in [-0.2, 0) is 11.8 Å². The van der Waals surface area contributed by atoms with Crippen LogP contribution in [-0.4, -0.2) is 46.1 Å². The van der Waals surface area contributed by atoms with Crippen LogP contribution in [0, 0.1) is 5.41 Å². The molecule has 25 heavy (non-hydrogen) atoms. The number of para-hydroxylation sites is 1. The summed E-state index contributed by atoms with van der Waals surface area (Å²) in [6, 6.07) is 8.01. The Kier molecular flexibility index (Phi) is 3.78. The summed E-state index contributed by atoms with van der Waals surface area (Å²) in [7, 11) is 3.76. The number of fused-ring (bicyclic) bond motifs is 2. The van der Waals surface area contributed by atoms with Gasteiger partial charge in [0.05, 0.1) is 5.52 Å². The van der Waals surface area contributed by atoms with Gasteiger partial charge in [0.2, 0.25) is 5.91 Å². The predicted octanol–water partition coefficient (Wildman–Crippen LogP) is 2.09. The number of amides is 2. The van der Waals surface area contributed by atoms with E-state index in [0.29, 0.717) is 18.7 Å². The van der Waals surface area contributed by atoms with Gasteiger partial charge in [-0.05, 0) is 25.3 Å². The van der Waals surface area contributed by atoms with Gasteiger partial charge in [-0.2, -0.15) is 5.10 Å². The number of piperidine rings is 1. The summed E-state index contributed by atoms with van der Waals surface area (Å²) in [6.45, 7) is 0.610. The van der Waals surface area contributed by atoms with E-state index in [-0.39, 0.29) is 23.3 Å². The Morgan fingerprint density at radius 2 is 2.12 bits per heavy atom. The highest BCUT2D eigenvalue weighted by molar-refractivity contribution is 6.04. The van der Waals surface area contributed by atoms with Crippen molar-refractivity contribution in [1.29, 1.82) is 0 Å². The van der Waals surface area contributed by atoms with E-state index in [4.69, 9.17) is 0 Å². The molecule has 2 atom stereocenters. The van der Waals surface area contributed by atoms with Gasteiger partial charge in [-0.25, -0.2) is 0 Å². The second-order valence-electron chi connectivity index (χ2n) is 7.45. The molecule has 6 nitrogen and oxygen atoms in total. The zero-order valence-corrected chi connectivity index (χ0v) is 14.8. The van der Waals surface area contributed by atoms with E-state index < -0.39 is 0 Å². The Labute approximate surface area is 147 Å². The maximum atomic E-state index is 12.8. The van der Waals surface area contributed by atoms with Gasteiger partial charge in [0, 0.05) is 43.9 Å². The number of nitrogens with zero attached hydrogens (tertiary/aromatic N) is 3. The molecule has 132 valence electrons. The third-order valence-corrected chi connectivity index (χ3v) is 6.13. The molecule has 1 aliphatic carbocycles. The second kappa shape index (κ2) is 5.86. The molecule has 2 heterocycles. The molecule has 4 rings (SSSR count). The van der Waals surface area contributed by atoms with Gasteiger partial charge in [0.1, 0.15) is 0 Å². The summed E-state index contributed by atoms with van der Waals surface area (Å²) < 4.78 is 1.74. The van der Waals surface area contributed by atoms with Gasteiger partial charge in [-0.1, -0.05) is 24.6 Å². The Balaban J connectivity index is 1.54. The normalized spacial score (nSPS) is 26.1. The van der Waals surface area contributed by atoms with Crippen molar-refractivity contribution in [3.05, 3.63) is 30.0 Å². The molecule has 2 amide bonds. The summed E-state index contributed by atoms with van der Waals surface area (Å²) in [6.07, 6.45) is 4.66. The van der Waals surface area contributed by atoms with E-state index in [1.54, 1.807) is 4.68 Å². The molecule has 6 heteroatoms. The number of nitrogens with one attached hydrogen (secondary N) is 1. The maximum Gasteiger partial charge on any atom is 0.272 e. The smallest absolute Gasteiger partial charge is 0.272 e. The Bertz CT molecular complexity index is 843. The zero-order chi connectivity index (χ0) is 17.6. The van der Waals surface area contributed by atoms with Crippen LogP contribution < -0.4 is 5.32 Å². The topological polar surface area (TPSA) is 67.2 Å². The fraction of sp³-hybridized carbons (Fsp3) is 0.526. The van der Waals surface area contributed by atoms with Crippen LogP contribution in [0.2, 0.25) is 0 Å². The number of carbonyl (C=O) groups is 2. The first-order chi connectivity index (χ1) is 12.0. The van der Waals surface area contributed by atoms with Crippen molar-refractivity contribution < 1.29 is 9.59 Å². The van der Waals surface area contributed by atoms with E-state index in [1.165, 1.54) is 0 Å². The first-order valence-corrected chi connectivity index (χ1v) is 8.97. The van der Waals surface area contributed by atoms with Crippen molar-refractivity contribution >= 4 is 22.7 Å². The van der Waals surface area contributed by atoms with Gasteiger partial charge in [0.15, 0.2) is 5.69 Å². The Morgan fingerprint density at radius 3 is 2.96 bits per heavy atom. The van der Waals surface area contributed by atoms with Crippen molar-refractivity contribution in [2.75, 3.05) is 13.6 Å². The molecular formula is C19H24N4O2. The third kappa shape index (κ3) is 2.51. The molecule has 0 spiro atoms. The number of likely N-dealkylation sites (tertiary alicyclic amines) is 1. The van der Waals surface area contributed by atoms with Crippen molar-refractivity contribution in [3.8, 4) is 0 Å². The average molecular weight is 340 g/mol. The number of aromatic nitrogens is 2. The summed E-state index contributed by atoms with van der Waals surface area (Å²) in [5, 5.41) is 8.40. The molecule has 2 aliphatic rings. The first-order valence-electron chi connectivity index (χ1n) is 8.97. The standard InChI is InChI=1S/C19H24N4O2/c1-22-15-8-5-10-19(15,11-9-16(22)24)12-20-18(25)17-13-6-3-4-7-14(13)23(2)21-17/h3-4,6-7,15H,5,8-12H2,1-2H3,(H,20,25). The van der Waals surface area contributed by atoms with Crippen molar-refractivity contribution in [2.45, 2.75) is 38.1 Å². The van der Waals surface area contributed by atoms with Gasteiger partial charge < -0.3 is 10.2 Å². The molecule has 2 aromatic rings. The van der Waals surface area contributed by atoms with E-state index in [9.17, 15) is 9.59 Å². The highest BCUT2D eigenvalue weighted by Gasteiger charge is 2.49. The average Bonchev–Trinajstić information content (AvgIpc) is 3.19. The number of rotatable bonds is 3. The van der Waals surface area contributed by atoms with Crippen molar-refractivity contribution in [2.24, 2.45) is 12.5 Å². The molecule has 1 saturated carbocycles. The highest BCUT2D eigenvalue weighted by atomic mass is 16.2. The minimum Gasteiger partial charge on any atom is -0.350 e. The predicted molar refractivity (Wildman–Crippen MR) is 95.1 cm³/mol. The largest absolute Gasteiger partial charge is 0.350 e. The maximum absolute atomic E-state index is 12.8. The summed E-state index contributed by atoms with van der Waals surface area (Å²) >= 11 is 0. The fourth-order valence-electron chi connectivity index (χ4n) is 4.74. The van der Waals surface area contributed by atoms with E-state index in [0.717, 1.165) is 36.6 Å².